The van der Waals surface area contributed by atoms with Gasteiger partial charge in [-0.1, -0.05) is 20.8 Å². The monoisotopic (exact) mass is 211 g/mol. The van der Waals surface area contributed by atoms with E-state index in [1.807, 2.05) is 7.05 Å². The Morgan fingerprint density at radius 3 is 2.60 bits per heavy atom. The fraction of sp³-hybridized carbons (Fsp3) is 0.818. The van der Waals surface area contributed by atoms with Crippen LogP contribution in [0.4, 0.5) is 0 Å². The first-order valence-corrected chi connectivity index (χ1v) is 5.42. The molecule has 0 amide bonds. The molecule has 0 aromatic carbocycles. The van der Waals surface area contributed by atoms with Crippen LogP contribution in [-0.4, -0.2) is 26.0 Å². The highest BCUT2D eigenvalue weighted by atomic mass is 16.3. The summed E-state index contributed by atoms with van der Waals surface area (Å²) in [6.07, 6.45) is 3.96. The Labute approximate surface area is 91.3 Å². The molecule has 1 rings (SSSR count). The molecule has 1 N–H and O–H groups in total. The molecule has 1 unspecified atom stereocenters. The van der Waals surface area contributed by atoms with Gasteiger partial charge in [-0.3, -0.25) is 4.68 Å². The van der Waals surface area contributed by atoms with Gasteiger partial charge in [0.15, 0.2) is 0 Å². The average Bonchev–Trinajstić information content (AvgIpc) is 2.50. The molecule has 0 aliphatic heterocycles. The highest BCUT2D eigenvalue weighted by Gasteiger charge is 2.21. The summed E-state index contributed by atoms with van der Waals surface area (Å²) < 4.78 is 1.78. The standard InChI is InChI=1S/C11H21N3O/c1-11(2,3)9(15)6-5-7-10-12-8-13-14(10)4/h8-9,15H,5-7H2,1-4H3. The normalized spacial score (nSPS) is 14.2. The number of hydrogen-bond donors (Lipinski definition) is 1. The molecule has 0 saturated heterocycles. The highest BCUT2D eigenvalue weighted by molar-refractivity contribution is 4.84. The molecule has 1 aromatic heterocycles. The SMILES string of the molecule is Cn1ncnc1CCCC(O)C(C)(C)C. The van der Waals surface area contributed by atoms with Gasteiger partial charge in [-0.25, -0.2) is 4.98 Å². The van der Waals surface area contributed by atoms with Gasteiger partial charge in [0.2, 0.25) is 0 Å². The number of aryl methyl sites for hydroxylation is 2. The van der Waals surface area contributed by atoms with Crippen LogP contribution in [0.25, 0.3) is 0 Å². The summed E-state index contributed by atoms with van der Waals surface area (Å²) in [5, 5.41) is 13.8. The van der Waals surface area contributed by atoms with Crippen molar-refractivity contribution in [3.05, 3.63) is 12.2 Å². The quantitative estimate of drug-likeness (QED) is 0.822. The Kier molecular flexibility index (Phi) is 3.85. The van der Waals surface area contributed by atoms with E-state index in [1.165, 1.54) is 0 Å². The van der Waals surface area contributed by atoms with Crippen molar-refractivity contribution in [1.29, 1.82) is 0 Å². The lowest BCUT2D eigenvalue weighted by atomic mass is 9.86. The number of aromatic nitrogens is 3. The number of nitrogens with zero attached hydrogens (tertiary/aromatic N) is 3. The van der Waals surface area contributed by atoms with E-state index in [-0.39, 0.29) is 11.5 Å². The van der Waals surface area contributed by atoms with Gasteiger partial charge in [0.05, 0.1) is 6.10 Å². The van der Waals surface area contributed by atoms with E-state index in [0.717, 1.165) is 25.1 Å². The van der Waals surface area contributed by atoms with Crippen LogP contribution in [0.5, 0.6) is 0 Å². The molecule has 1 heterocycles. The summed E-state index contributed by atoms with van der Waals surface area (Å²) in [5.41, 5.74) is -0.0279. The predicted molar refractivity (Wildman–Crippen MR) is 59.4 cm³/mol. The van der Waals surface area contributed by atoms with Gasteiger partial charge in [0, 0.05) is 13.5 Å². The molecule has 1 aromatic rings. The third-order valence-electron chi connectivity index (χ3n) is 2.68. The molecular weight excluding hydrogens is 190 g/mol. The molecular formula is C11H21N3O. The van der Waals surface area contributed by atoms with Gasteiger partial charge >= 0.3 is 0 Å². The van der Waals surface area contributed by atoms with Gasteiger partial charge in [-0.05, 0) is 18.3 Å². The molecule has 0 fully saturated rings. The highest BCUT2D eigenvalue weighted by Crippen LogP contribution is 2.22. The molecule has 0 radical (unpaired) electrons. The van der Waals surface area contributed by atoms with Gasteiger partial charge < -0.3 is 5.11 Å². The van der Waals surface area contributed by atoms with Crippen molar-refractivity contribution < 1.29 is 5.11 Å². The molecule has 0 saturated carbocycles. The Bertz CT molecular complexity index is 301. The summed E-state index contributed by atoms with van der Waals surface area (Å²) in [5.74, 6) is 0.983. The fourth-order valence-electron chi connectivity index (χ4n) is 1.43. The Morgan fingerprint density at radius 1 is 1.47 bits per heavy atom. The lowest BCUT2D eigenvalue weighted by Gasteiger charge is -2.25. The van der Waals surface area contributed by atoms with E-state index in [2.05, 4.69) is 30.9 Å². The largest absolute Gasteiger partial charge is 0.393 e. The smallest absolute Gasteiger partial charge is 0.138 e. The molecule has 15 heavy (non-hydrogen) atoms. The summed E-state index contributed by atoms with van der Waals surface area (Å²) in [6, 6.07) is 0. The molecule has 4 nitrogen and oxygen atoms in total. The van der Waals surface area contributed by atoms with Crippen molar-refractivity contribution in [3.63, 3.8) is 0 Å². The van der Waals surface area contributed by atoms with Gasteiger partial charge in [0.25, 0.3) is 0 Å². The van der Waals surface area contributed by atoms with Crippen LogP contribution in [0.15, 0.2) is 6.33 Å². The van der Waals surface area contributed by atoms with Crippen LogP contribution >= 0.6 is 0 Å². The van der Waals surface area contributed by atoms with E-state index in [4.69, 9.17) is 0 Å². The maximum atomic E-state index is 9.84. The summed E-state index contributed by atoms with van der Waals surface area (Å²) in [4.78, 5) is 4.15. The van der Waals surface area contributed by atoms with E-state index in [9.17, 15) is 5.11 Å². The topological polar surface area (TPSA) is 50.9 Å². The number of aliphatic hydroxyl groups excluding tert-OH is 1. The second-order valence-corrected chi connectivity index (χ2v) is 5.07. The lowest BCUT2D eigenvalue weighted by Crippen LogP contribution is -2.25. The van der Waals surface area contributed by atoms with E-state index >= 15 is 0 Å². The van der Waals surface area contributed by atoms with E-state index < -0.39 is 0 Å². The first-order chi connectivity index (χ1) is 6.91. The van der Waals surface area contributed by atoms with Crippen molar-refractivity contribution in [2.45, 2.75) is 46.1 Å². The summed E-state index contributed by atoms with van der Waals surface area (Å²) >= 11 is 0. The lowest BCUT2D eigenvalue weighted by molar-refractivity contribution is 0.0539. The summed E-state index contributed by atoms with van der Waals surface area (Å²) in [7, 11) is 1.89. The minimum Gasteiger partial charge on any atom is -0.393 e. The first kappa shape index (κ1) is 12.2. The molecule has 1 atom stereocenters. The second-order valence-electron chi connectivity index (χ2n) is 5.07. The molecule has 4 heteroatoms. The van der Waals surface area contributed by atoms with Gasteiger partial charge in [-0.15, -0.1) is 0 Å². The van der Waals surface area contributed by atoms with Crippen molar-refractivity contribution >= 4 is 0 Å². The molecule has 0 aliphatic rings. The molecule has 86 valence electrons. The number of rotatable bonds is 4. The van der Waals surface area contributed by atoms with Crippen molar-refractivity contribution in [2.24, 2.45) is 12.5 Å². The Hall–Kier alpha value is -0.900. The maximum Gasteiger partial charge on any atom is 0.138 e. The third kappa shape index (κ3) is 3.63. The van der Waals surface area contributed by atoms with Crippen LogP contribution in [0.2, 0.25) is 0 Å². The zero-order valence-electron chi connectivity index (χ0n) is 10.1. The Morgan fingerprint density at radius 2 is 2.13 bits per heavy atom. The minimum absolute atomic E-state index is 0.0279. The van der Waals surface area contributed by atoms with Crippen LogP contribution < -0.4 is 0 Å². The molecule has 0 aliphatic carbocycles. The molecule has 0 bridgehead atoms. The first-order valence-electron chi connectivity index (χ1n) is 5.42. The minimum atomic E-state index is -0.245. The van der Waals surface area contributed by atoms with Crippen LogP contribution in [0.3, 0.4) is 0 Å². The maximum absolute atomic E-state index is 9.84. The van der Waals surface area contributed by atoms with Crippen molar-refractivity contribution in [2.75, 3.05) is 0 Å². The zero-order chi connectivity index (χ0) is 11.5. The second kappa shape index (κ2) is 4.75. The fourth-order valence-corrected chi connectivity index (χ4v) is 1.43. The number of hydrogen-bond acceptors (Lipinski definition) is 3. The van der Waals surface area contributed by atoms with Gasteiger partial charge in [0.1, 0.15) is 12.2 Å². The average molecular weight is 211 g/mol. The van der Waals surface area contributed by atoms with Crippen LogP contribution in [0.1, 0.15) is 39.4 Å². The van der Waals surface area contributed by atoms with E-state index in [0.29, 0.717) is 0 Å². The van der Waals surface area contributed by atoms with Crippen LogP contribution in [0, 0.1) is 5.41 Å². The van der Waals surface area contributed by atoms with Crippen molar-refractivity contribution in [3.8, 4) is 0 Å². The Balaban J connectivity index is 2.31. The number of aliphatic hydroxyl groups is 1. The van der Waals surface area contributed by atoms with E-state index in [1.54, 1.807) is 11.0 Å². The predicted octanol–water partition coefficient (Wildman–Crippen LogP) is 1.54. The third-order valence-corrected chi connectivity index (χ3v) is 2.68. The molecule has 0 spiro atoms. The van der Waals surface area contributed by atoms with Crippen molar-refractivity contribution in [1.82, 2.24) is 14.8 Å². The van der Waals surface area contributed by atoms with Gasteiger partial charge in [-0.2, -0.15) is 5.10 Å². The summed E-state index contributed by atoms with van der Waals surface area (Å²) in [6.45, 7) is 6.17. The zero-order valence-corrected chi connectivity index (χ0v) is 10.1. The van der Waals surface area contributed by atoms with Crippen LogP contribution in [-0.2, 0) is 13.5 Å².